The molecule has 0 aliphatic carbocycles. The molecule has 6 aromatic rings. The number of piperidine rings is 1. The fourth-order valence-corrected chi connectivity index (χ4v) is 8.24. The van der Waals surface area contributed by atoms with Gasteiger partial charge in [-0.15, -0.1) is 0 Å². The second kappa shape index (κ2) is 17.5. The summed E-state index contributed by atoms with van der Waals surface area (Å²) in [6.45, 7) is 1.22. The third-order valence-electron chi connectivity index (χ3n) is 11.3. The van der Waals surface area contributed by atoms with E-state index in [2.05, 4.69) is 10.2 Å². The van der Waals surface area contributed by atoms with E-state index in [-0.39, 0.29) is 42.3 Å². The molecule has 2 atom stereocenters. The SMILES string of the molecule is COCCOc1cc(C(=O)Nc2cccc(C(F)(F)F)c2)ccc1-c1nc([C@@H]2CC[C@H]3CCC(=O)N3C2)n2ccnc(N(Cc3ccc(OC)cc3OC)c3ccccc3)c12. The monoisotopic (exact) mass is 834 g/mol. The maximum atomic E-state index is 13.7. The summed E-state index contributed by atoms with van der Waals surface area (Å²) in [5, 5.41) is 2.60. The second-order valence-corrected chi connectivity index (χ2v) is 15.0. The van der Waals surface area contributed by atoms with E-state index in [1.165, 1.54) is 12.1 Å². The molecule has 4 heterocycles. The minimum absolute atomic E-state index is 0.00750. The van der Waals surface area contributed by atoms with Crippen LogP contribution in [-0.2, 0) is 22.3 Å². The van der Waals surface area contributed by atoms with Crippen molar-refractivity contribution in [1.29, 1.82) is 0 Å². The highest BCUT2D eigenvalue weighted by molar-refractivity contribution is 6.05. The molecule has 2 fully saturated rings. The Balaban J connectivity index is 1.29. The van der Waals surface area contributed by atoms with Gasteiger partial charge >= 0.3 is 6.18 Å². The van der Waals surface area contributed by atoms with Crippen LogP contribution in [0, 0.1) is 0 Å². The number of hydrogen-bond donors (Lipinski definition) is 1. The Morgan fingerprint density at radius 3 is 2.51 bits per heavy atom. The Kier molecular flexibility index (Phi) is 11.8. The molecule has 12 nitrogen and oxygen atoms in total. The molecular formula is C46H45F3N6O6. The number of nitrogens with zero attached hydrogens (tertiary/aromatic N) is 5. The number of ether oxygens (including phenoxy) is 4. The predicted octanol–water partition coefficient (Wildman–Crippen LogP) is 8.92. The van der Waals surface area contributed by atoms with Crippen molar-refractivity contribution in [3.8, 4) is 28.5 Å². The molecule has 8 rings (SSSR count). The van der Waals surface area contributed by atoms with Gasteiger partial charge in [0.2, 0.25) is 5.91 Å². The van der Waals surface area contributed by atoms with E-state index in [4.69, 9.17) is 28.9 Å². The molecule has 0 spiro atoms. The summed E-state index contributed by atoms with van der Waals surface area (Å²) < 4.78 is 65.5. The number of aromatic nitrogens is 3. The van der Waals surface area contributed by atoms with Crippen molar-refractivity contribution in [2.45, 2.75) is 50.4 Å². The zero-order chi connectivity index (χ0) is 42.7. The molecular weight excluding hydrogens is 790 g/mol. The van der Waals surface area contributed by atoms with E-state index in [1.807, 2.05) is 64.0 Å². The normalized spacial score (nSPS) is 16.4. The van der Waals surface area contributed by atoms with Gasteiger partial charge in [0.15, 0.2) is 5.82 Å². The lowest BCUT2D eigenvalue weighted by molar-refractivity contribution is -0.137. The Morgan fingerprint density at radius 1 is 0.902 bits per heavy atom. The summed E-state index contributed by atoms with van der Waals surface area (Å²) in [5.41, 5.74) is 2.69. The first-order valence-corrected chi connectivity index (χ1v) is 20.0. The van der Waals surface area contributed by atoms with Crippen LogP contribution in [0.5, 0.6) is 17.2 Å². The van der Waals surface area contributed by atoms with E-state index in [1.54, 1.807) is 45.7 Å². The second-order valence-electron chi connectivity index (χ2n) is 15.0. The molecule has 1 N–H and O–H groups in total. The van der Waals surface area contributed by atoms with Crippen LogP contribution in [0.3, 0.4) is 0 Å². The molecule has 61 heavy (non-hydrogen) atoms. The molecule has 316 valence electrons. The molecule has 2 aliphatic heterocycles. The van der Waals surface area contributed by atoms with Crippen LogP contribution in [0.2, 0.25) is 0 Å². The number of halogens is 3. The van der Waals surface area contributed by atoms with Crippen molar-refractivity contribution < 1.29 is 41.7 Å². The summed E-state index contributed by atoms with van der Waals surface area (Å²) >= 11 is 0. The number of imidazole rings is 1. The third kappa shape index (κ3) is 8.55. The van der Waals surface area contributed by atoms with Crippen LogP contribution in [0.1, 0.15) is 58.9 Å². The number of carbonyl (C=O) groups excluding carboxylic acids is 2. The minimum atomic E-state index is -4.58. The molecule has 15 heteroatoms. The Morgan fingerprint density at radius 2 is 1.74 bits per heavy atom. The van der Waals surface area contributed by atoms with Gasteiger partial charge in [-0.2, -0.15) is 13.2 Å². The maximum Gasteiger partial charge on any atom is 0.416 e. The fraction of sp³-hybridized carbons (Fsp3) is 0.304. The van der Waals surface area contributed by atoms with E-state index < -0.39 is 17.6 Å². The van der Waals surface area contributed by atoms with Gasteiger partial charge in [0.1, 0.15) is 40.9 Å². The van der Waals surface area contributed by atoms with Gasteiger partial charge in [-0.05, 0) is 79.9 Å². The highest BCUT2D eigenvalue weighted by Gasteiger charge is 2.39. The first-order chi connectivity index (χ1) is 29.6. The standard InChI is InChI=1S/C46H45F3N6O6/c1-58-22-23-61-39-24-29(45(57)51-33-9-7-8-32(25-33)46(47,48)49)14-18-37(39)41-42-44(50-20-21-53(42)43(52-41)31-12-15-35-16-19-40(56)54(35)28-31)55(34-10-5-4-6-11-34)27-30-13-17-36(59-2)26-38(30)60-3/h4-11,13-14,17-18,20-21,24-26,31,35H,12,15-16,19,22-23,27-28H2,1-3H3,(H,51,57)/t31-,35+/m1/s1. The van der Waals surface area contributed by atoms with E-state index in [0.717, 1.165) is 48.5 Å². The van der Waals surface area contributed by atoms with Gasteiger partial charge in [0.25, 0.3) is 5.91 Å². The molecule has 0 bridgehead atoms. The molecule has 2 aromatic heterocycles. The minimum Gasteiger partial charge on any atom is -0.497 e. The highest BCUT2D eigenvalue weighted by atomic mass is 19.4. The average Bonchev–Trinajstić information content (AvgIpc) is 3.85. The highest BCUT2D eigenvalue weighted by Crippen LogP contribution is 2.43. The molecule has 4 aromatic carbocycles. The van der Waals surface area contributed by atoms with Crippen LogP contribution in [0.25, 0.3) is 16.8 Å². The topological polar surface area (TPSA) is 120 Å². The maximum absolute atomic E-state index is 13.7. The van der Waals surface area contributed by atoms with Crippen molar-refractivity contribution in [3.05, 3.63) is 126 Å². The number of anilines is 3. The lowest BCUT2D eigenvalue weighted by Gasteiger charge is -2.34. The van der Waals surface area contributed by atoms with Crippen LogP contribution in [0.15, 0.2) is 103 Å². The van der Waals surface area contributed by atoms with Crippen LogP contribution >= 0.6 is 0 Å². The number of nitrogens with one attached hydrogen (secondary N) is 1. The number of methoxy groups -OCH3 is 3. The third-order valence-corrected chi connectivity index (χ3v) is 11.3. The van der Waals surface area contributed by atoms with Gasteiger partial charge < -0.3 is 34.1 Å². The Hall–Kier alpha value is -6.61. The number of carbonyl (C=O) groups is 2. The lowest BCUT2D eigenvalue weighted by Crippen LogP contribution is -2.41. The molecule has 2 aliphatic rings. The number of alkyl halides is 3. The zero-order valence-electron chi connectivity index (χ0n) is 33.9. The van der Waals surface area contributed by atoms with E-state index in [9.17, 15) is 22.8 Å². The van der Waals surface area contributed by atoms with Crippen LogP contribution in [-0.4, -0.2) is 78.2 Å². The van der Waals surface area contributed by atoms with E-state index >= 15 is 0 Å². The van der Waals surface area contributed by atoms with Gasteiger partial charge in [0, 0.05) is 78.6 Å². The van der Waals surface area contributed by atoms with Gasteiger partial charge in [0.05, 0.1) is 32.9 Å². The smallest absolute Gasteiger partial charge is 0.416 e. The number of rotatable bonds is 14. The first-order valence-electron chi connectivity index (χ1n) is 20.0. The van der Waals surface area contributed by atoms with Gasteiger partial charge in [-0.1, -0.05) is 24.3 Å². The lowest BCUT2D eigenvalue weighted by atomic mass is 9.92. The largest absolute Gasteiger partial charge is 0.497 e. The first kappa shape index (κ1) is 41.1. The molecule has 0 radical (unpaired) electrons. The zero-order valence-corrected chi connectivity index (χ0v) is 33.9. The molecule has 2 saturated heterocycles. The summed E-state index contributed by atoms with van der Waals surface area (Å²) in [4.78, 5) is 41.2. The number of hydrogen-bond acceptors (Lipinski definition) is 9. The molecule has 2 amide bonds. The predicted molar refractivity (Wildman–Crippen MR) is 224 cm³/mol. The molecule has 0 unspecified atom stereocenters. The quantitative estimate of drug-likeness (QED) is 0.107. The Labute approximate surface area is 350 Å². The Bertz CT molecular complexity index is 2550. The number of amides is 2. The summed E-state index contributed by atoms with van der Waals surface area (Å²) in [6, 6.07) is 25.1. The van der Waals surface area contributed by atoms with Crippen LogP contribution in [0.4, 0.5) is 30.4 Å². The summed E-state index contributed by atoms with van der Waals surface area (Å²) in [6.07, 6.45) is 2.10. The number of benzene rings is 4. The summed E-state index contributed by atoms with van der Waals surface area (Å²) in [7, 11) is 4.76. The average molecular weight is 835 g/mol. The van der Waals surface area contributed by atoms with Crippen molar-refractivity contribution in [2.24, 2.45) is 0 Å². The van der Waals surface area contributed by atoms with Crippen molar-refractivity contribution in [1.82, 2.24) is 19.3 Å². The van der Waals surface area contributed by atoms with Gasteiger partial charge in [-0.3, -0.25) is 14.0 Å². The number of fused-ring (bicyclic) bond motifs is 2. The van der Waals surface area contributed by atoms with Crippen molar-refractivity contribution >= 4 is 34.5 Å². The number of para-hydroxylation sites is 1. The van der Waals surface area contributed by atoms with E-state index in [0.29, 0.717) is 59.4 Å². The van der Waals surface area contributed by atoms with Crippen molar-refractivity contribution in [2.75, 3.05) is 51.3 Å². The molecule has 0 saturated carbocycles. The van der Waals surface area contributed by atoms with Gasteiger partial charge in [-0.25, -0.2) is 9.97 Å². The van der Waals surface area contributed by atoms with Crippen molar-refractivity contribution in [3.63, 3.8) is 0 Å². The van der Waals surface area contributed by atoms with Crippen LogP contribution < -0.4 is 24.4 Å². The summed E-state index contributed by atoms with van der Waals surface area (Å²) in [5.74, 6) is 2.31. The fourth-order valence-electron chi connectivity index (χ4n) is 8.24.